The largest absolute Gasteiger partial charge is 0.497 e. The van der Waals surface area contributed by atoms with Gasteiger partial charge in [-0.15, -0.1) is 0 Å². The average Bonchev–Trinajstić information content (AvgIpc) is 3.22. The van der Waals surface area contributed by atoms with Crippen LogP contribution in [-0.2, 0) is 11.0 Å². The van der Waals surface area contributed by atoms with Crippen LogP contribution in [0.3, 0.4) is 0 Å². The molecule has 21 heavy (non-hydrogen) atoms. The van der Waals surface area contributed by atoms with Gasteiger partial charge in [-0.1, -0.05) is 0 Å². The highest BCUT2D eigenvalue weighted by Crippen LogP contribution is 2.40. The van der Waals surface area contributed by atoms with E-state index < -0.39 is 23.2 Å². The third-order valence-corrected chi connectivity index (χ3v) is 3.70. The van der Waals surface area contributed by atoms with Crippen LogP contribution in [0.1, 0.15) is 25.3 Å². The van der Waals surface area contributed by atoms with E-state index in [4.69, 9.17) is 10.5 Å². The van der Waals surface area contributed by atoms with Gasteiger partial charge in [0.25, 0.3) is 0 Å². The van der Waals surface area contributed by atoms with Crippen molar-refractivity contribution in [2.75, 3.05) is 12.4 Å². The monoisotopic (exact) mass is 302 g/mol. The quantitative estimate of drug-likeness (QED) is 0.899. The van der Waals surface area contributed by atoms with Crippen LogP contribution in [0.2, 0.25) is 0 Å². The van der Waals surface area contributed by atoms with Gasteiger partial charge in [0.2, 0.25) is 5.91 Å². The molecule has 0 heterocycles. The maximum atomic E-state index is 13.0. The fraction of sp³-hybridized carbons (Fsp3) is 0.500. The van der Waals surface area contributed by atoms with Crippen LogP contribution in [0.15, 0.2) is 18.2 Å². The zero-order valence-corrected chi connectivity index (χ0v) is 11.8. The summed E-state index contributed by atoms with van der Waals surface area (Å²) in [4.78, 5) is 12.1. The van der Waals surface area contributed by atoms with Crippen LogP contribution in [-0.4, -0.2) is 18.6 Å². The molecule has 7 heteroatoms. The summed E-state index contributed by atoms with van der Waals surface area (Å²) in [7, 11) is 1.28. The van der Waals surface area contributed by atoms with E-state index in [0.29, 0.717) is 0 Å². The van der Waals surface area contributed by atoms with Crippen LogP contribution in [0.4, 0.5) is 18.9 Å². The second-order valence-corrected chi connectivity index (χ2v) is 5.42. The molecule has 1 aromatic rings. The number of hydrogen-bond donors (Lipinski definition) is 2. The summed E-state index contributed by atoms with van der Waals surface area (Å²) in [6.07, 6.45) is -2.97. The molecule has 1 saturated carbocycles. The van der Waals surface area contributed by atoms with Gasteiger partial charge in [0.1, 0.15) is 5.75 Å². The van der Waals surface area contributed by atoms with Crippen molar-refractivity contribution in [3.05, 3.63) is 23.8 Å². The Hall–Kier alpha value is -1.76. The number of hydrogen-bond acceptors (Lipinski definition) is 3. The lowest BCUT2D eigenvalue weighted by molar-refractivity contribution is -0.137. The van der Waals surface area contributed by atoms with Crippen molar-refractivity contribution < 1.29 is 22.7 Å². The fourth-order valence-corrected chi connectivity index (χ4v) is 2.12. The van der Waals surface area contributed by atoms with Gasteiger partial charge in [-0.25, -0.2) is 0 Å². The molecule has 2 rings (SSSR count). The zero-order valence-electron chi connectivity index (χ0n) is 11.8. The third-order valence-electron chi connectivity index (χ3n) is 3.70. The summed E-state index contributed by atoms with van der Waals surface area (Å²) in [6, 6.07) is 3.37. The van der Waals surface area contributed by atoms with E-state index in [0.717, 1.165) is 18.9 Å². The van der Waals surface area contributed by atoms with E-state index in [-0.39, 0.29) is 17.4 Å². The number of alkyl halides is 3. The summed E-state index contributed by atoms with van der Waals surface area (Å²) in [5.74, 6) is -0.524. The van der Waals surface area contributed by atoms with Crippen LogP contribution in [0.25, 0.3) is 0 Å². The molecule has 1 unspecified atom stereocenters. The van der Waals surface area contributed by atoms with Crippen LogP contribution in [0.5, 0.6) is 5.75 Å². The van der Waals surface area contributed by atoms with E-state index in [1.807, 2.05) is 0 Å². The first-order chi connectivity index (χ1) is 9.66. The van der Waals surface area contributed by atoms with Crippen molar-refractivity contribution in [1.29, 1.82) is 0 Å². The topological polar surface area (TPSA) is 64.3 Å². The molecular formula is C14H17F3N2O2. The van der Waals surface area contributed by atoms with E-state index in [2.05, 4.69) is 5.32 Å². The highest BCUT2D eigenvalue weighted by Gasteiger charge is 2.44. The molecular weight excluding hydrogens is 285 g/mol. The Morgan fingerprint density at radius 3 is 2.48 bits per heavy atom. The molecule has 0 radical (unpaired) electrons. The van der Waals surface area contributed by atoms with Crippen molar-refractivity contribution in [2.45, 2.75) is 31.5 Å². The van der Waals surface area contributed by atoms with Gasteiger partial charge in [-0.05, 0) is 43.9 Å². The van der Waals surface area contributed by atoms with E-state index in [9.17, 15) is 18.0 Å². The highest BCUT2D eigenvalue weighted by molar-refractivity contribution is 5.98. The number of anilines is 1. The van der Waals surface area contributed by atoms with Crippen LogP contribution < -0.4 is 15.8 Å². The van der Waals surface area contributed by atoms with Crippen LogP contribution >= 0.6 is 0 Å². The lowest BCUT2D eigenvalue weighted by Gasteiger charge is -2.24. The molecule has 0 aromatic heterocycles. The van der Waals surface area contributed by atoms with Gasteiger partial charge in [0, 0.05) is 0 Å². The Balaban J connectivity index is 2.29. The Labute approximate surface area is 120 Å². The molecule has 0 aliphatic heterocycles. The van der Waals surface area contributed by atoms with Crippen molar-refractivity contribution in [1.82, 2.24) is 0 Å². The van der Waals surface area contributed by atoms with Gasteiger partial charge < -0.3 is 15.8 Å². The number of rotatable bonds is 4. The van der Waals surface area contributed by atoms with Crippen molar-refractivity contribution in [3.8, 4) is 5.75 Å². The molecule has 116 valence electrons. The van der Waals surface area contributed by atoms with Crippen molar-refractivity contribution >= 4 is 11.6 Å². The molecule has 1 amide bonds. The van der Waals surface area contributed by atoms with Crippen molar-refractivity contribution in [3.63, 3.8) is 0 Å². The first kappa shape index (κ1) is 15.6. The van der Waals surface area contributed by atoms with Gasteiger partial charge in [-0.2, -0.15) is 13.2 Å². The molecule has 1 fully saturated rings. The predicted molar refractivity (Wildman–Crippen MR) is 71.9 cm³/mol. The summed E-state index contributed by atoms with van der Waals surface area (Å²) < 4.78 is 43.9. The number of carbonyl (C=O) groups excluding carboxylic acids is 1. The van der Waals surface area contributed by atoms with Gasteiger partial charge >= 0.3 is 6.18 Å². The number of methoxy groups -OCH3 is 1. The molecule has 1 aliphatic rings. The first-order valence-electron chi connectivity index (χ1n) is 6.52. The highest BCUT2D eigenvalue weighted by atomic mass is 19.4. The number of nitrogens with one attached hydrogen (secondary N) is 1. The Kier molecular flexibility index (Phi) is 3.88. The summed E-state index contributed by atoms with van der Waals surface area (Å²) in [6.45, 7) is 1.54. The maximum absolute atomic E-state index is 13.0. The molecule has 0 saturated heterocycles. The third kappa shape index (κ3) is 3.29. The molecule has 1 aromatic carbocycles. The molecule has 1 atom stereocenters. The number of ether oxygens (including phenoxy) is 1. The summed E-state index contributed by atoms with van der Waals surface area (Å²) in [5.41, 5.74) is 3.48. The number of amides is 1. The Morgan fingerprint density at radius 2 is 2.00 bits per heavy atom. The minimum atomic E-state index is -4.60. The predicted octanol–water partition coefficient (Wildman–Crippen LogP) is 2.78. The Bertz CT molecular complexity index is 552. The standard InChI is InChI=1S/C14H17F3N2O2/c1-13(18,8-3-4-8)12(20)19-11-6-5-9(21-2)7-10(11)14(15,16)17/h5-8H,3-4,18H2,1-2H3,(H,19,20). The van der Waals surface area contributed by atoms with E-state index >= 15 is 0 Å². The summed E-state index contributed by atoms with van der Waals surface area (Å²) >= 11 is 0. The van der Waals surface area contributed by atoms with Gasteiger partial charge in [0.15, 0.2) is 0 Å². The normalized spacial score (nSPS) is 18.0. The average molecular weight is 302 g/mol. The van der Waals surface area contributed by atoms with Gasteiger partial charge in [-0.3, -0.25) is 4.79 Å². The number of nitrogens with two attached hydrogens (primary N) is 1. The van der Waals surface area contributed by atoms with E-state index in [1.165, 1.54) is 26.2 Å². The number of halogens is 3. The molecule has 0 bridgehead atoms. The lowest BCUT2D eigenvalue weighted by atomic mass is 9.96. The molecule has 1 aliphatic carbocycles. The molecule has 3 N–H and O–H groups in total. The number of carbonyl (C=O) groups is 1. The van der Waals surface area contributed by atoms with Crippen molar-refractivity contribution in [2.24, 2.45) is 11.7 Å². The smallest absolute Gasteiger partial charge is 0.418 e. The fourth-order valence-electron chi connectivity index (χ4n) is 2.12. The molecule has 4 nitrogen and oxygen atoms in total. The number of benzene rings is 1. The first-order valence-corrected chi connectivity index (χ1v) is 6.52. The Morgan fingerprint density at radius 1 is 1.38 bits per heavy atom. The van der Waals surface area contributed by atoms with Crippen LogP contribution in [0, 0.1) is 5.92 Å². The minimum Gasteiger partial charge on any atom is -0.497 e. The van der Waals surface area contributed by atoms with E-state index in [1.54, 1.807) is 0 Å². The maximum Gasteiger partial charge on any atom is 0.418 e. The molecule has 0 spiro atoms. The lowest BCUT2D eigenvalue weighted by Crippen LogP contribution is -2.50. The second kappa shape index (κ2) is 5.22. The van der Waals surface area contributed by atoms with Gasteiger partial charge in [0.05, 0.1) is 23.9 Å². The zero-order chi connectivity index (χ0) is 15.8. The summed E-state index contributed by atoms with van der Waals surface area (Å²) in [5, 5.41) is 2.29. The minimum absolute atomic E-state index is 0.0186. The SMILES string of the molecule is COc1ccc(NC(=O)C(C)(N)C2CC2)c(C(F)(F)F)c1. The second-order valence-electron chi connectivity index (χ2n) is 5.42.